The number of para-hydroxylation sites is 1. The number of nitrogens with one attached hydrogen (secondary N) is 1. The minimum Gasteiger partial charge on any atom is -0.369 e. The highest BCUT2D eigenvalue weighted by Crippen LogP contribution is 2.25. The van der Waals surface area contributed by atoms with Gasteiger partial charge in [-0.1, -0.05) is 24.3 Å². The number of rotatable bonds is 5. The molecular formula is C23H22N6O. The van der Waals surface area contributed by atoms with Crippen LogP contribution < -0.4 is 5.32 Å². The Kier molecular flexibility index (Phi) is 5.28. The number of hydrogen-bond donors (Lipinski definition) is 1. The molecule has 1 N–H and O–H groups in total. The summed E-state index contributed by atoms with van der Waals surface area (Å²) in [6, 6.07) is 16.3. The maximum absolute atomic E-state index is 6.05. The lowest BCUT2D eigenvalue weighted by Crippen LogP contribution is -2.38. The third-order valence-electron chi connectivity index (χ3n) is 5.20. The number of anilines is 2. The average molecular weight is 398 g/mol. The number of aromatic nitrogens is 4. The molecule has 7 nitrogen and oxygen atoms in total. The van der Waals surface area contributed by atoms with Crippen LogP contribution in [0.25, 0.3) is 10.9 Å². The molecule has 0 spiro atoms. The number of hydrogen-bond acceptors (Lipinski definition) is 7. The molecule has 1 aliphatic heterocycles. The summed E-state index contributed by atoms with van der Waals surface area (Å²) >= 11 is 0. The zero-order chi connectivity index (χ0) is 20.2. The van der Waals surface area contributed by atoms with Crippen LogP contribution in [0.1, 0.15) is 17.4 Å². The van der Waals surface area contributed by atoms with Crippen LogP contribution in [0.3, 0.4) is 0 Å². The molecule has 1 atom stereocenters. The highest BCUT2D eigenvalue weighted by atomic mass is 16.5. The maximum atomic E-state index is 6.05. The van der Waals surface area contributed by atoms with Gasteiger partial charge in [-0.15, -0.1) is 0 Å². The van der Waals surface area contributed by atoms with Crippen LogP contribution in [0.5, 0.6) is 0 Å². The van der Waals surface area contributed by atoms with Gasteiger partial charge in [0.25, 0.3) is 0 Å². The molecule has 0 unspecified atom stereocenters. The SMILES string of the molecule is c1cc(Nc2cnccn2)nc([C@@H]2CN(Cc3ccnc4ccccc34)CCO2)c1. The molecular weight excluding hydrogens is 376 g/mol. The summed E-state index contributed by atoms with van der Waals surface area (Å²) in [5.74, 6) is 1.40. The molecule has 1 aromatic carbocycles. The standard InChI is InChI=1S/C23H22N6O/c1-2-5-19-18(4-1)17(8-9-25-19)15-29-12-13-30-21(16-29)20-6-3-7-22(27-20)28-23-14-24-10-11-26-23/h1-11,14,21H,12-13,15-16H2,(H,26,27,28)/t21-/m0/s1. The Morgan fingerprint density at radius 3 is 2.87 bits per heavy atom. The van der Waals surface area contributed by atoms with Crippen molar-refractivity contribution < 1.29 is 4.74 Å². The third kappa shape index (κ3) is 4.12. The van der Waals surface area contributed by atoms with Crippen molar-refractivity contribution in [3.8, 4) is 0 Å². The summed E-state index contributed by atoms with van der Waals surface area (Å²) in [7, 11) is 0. The summed E-state index contributed by atoms with van der Waals surface area (Å²) in [6.07, 6.45) is 6.78. The van der Waals surface area contributed by atoms with Crippen molar-refractivity contribution in [1.82, 2.24) is 24.8 Å². The van der Waals surface area contributed by atoms with Crippen molar-refractivity contribution >= 4 is 22.5 Å². The molecule has 0 bridgehead atoms. The largest absolute Gasteiger partial charge is 0.369 e. The smallest absolute Gasteiger partial charge is 0.150 e. The van der Waals surface area contributed by atoms with Crippen LogP contribution in [0.15, 0.2) is 73.3 Å². The molecule has 150 valence electrons. The van der Waals surface area contributed by atoms with Crippen LogP contribution in [0.2, 0.25) is 0 Å². The van der Waals surface area contributed by atoms with E-state index >= 15 is 0 Å². The molecule has 1 fully saturated rings. The Morgan fingerprint density at radius 1 is 0.967 bits per heavy atom. The minimum absolute atomic E-state index is 0.0736. The van der Waals surface area contributed by atoms with Crippen molar-refractivity contribution in [1.29, 1.82) is 0 Å². The molecule has 1 saturated heterocycles. The van der Waals surface area contributed by atoms with Gasteiger partial charge in [0.05, 0.1) is 24.0 Å². The lowest BCUT2D eigenvalue weighted by atomic mass is 10.1. The first-order valence-corrected chi connectivity index (χ1v) is 10.0. The van der Waals surface area contributed by atoms with Crippen LogP contribution >= 0.6 is 0 Å². The number of ether oxygens (including phenoxy) is 1. The van der Waals surface area contributed by atoms with Crippen LogP contribution in [0.4, 0.5) is 11.6 Å². The number of morpholine rings is 1. The number of pyridine rings is 2. The second-order valence-corrected chi connectivity index (χ2v) is 7.25. The van der Waals surface area contributed by atoms with Crippen molar-refractivity contribution in [2.75, 3.05) is 25.0 Å². The van der Waals surface area contributed by atoms with Crippen LogP contribution in [-0.2, 0) is 11.3 Å². The van der Waals surface area contributed by atoms with E-state index in [1.807, 2.05) is 30.5 Å². The fourth-order valence-electron chi connectivity index (χ4n) is 3.75. The Bertz CT molecular complexity index is 1130. The highest BCUT2D eigenvalue weighted by Gasteiger charge is 2.23. The highest BCUT2D eigenvalue weighted by molar-refractivity contribution is 5.81. The van der Waals surface area contributed by atoms with Gasteiger partial charge >= 0.3 is 0 Å². The van der Waals surface area contributed by atoms with E-state index < -0.39 is 0 Å². The Labute approximate surface area is 174 Å². The normalized spacial score (nSPS) is 17.1. The van der Waals surface area contributed by atoms with Gasteiger partial charge in [-0.3, -0.25) is 14.9 Å². The predicted octanol–water partition coefficient (Wildman–Crippen LogP) is 3.74. The van der Waals surface area contributed by atoms with Crippen molar-refractivity contribution in [3.05, 3.63) is 84.6 Å². The molecule has 7 heteroatoms. The fraction of sp³-hybridized carbons (Fsp3) is 0.217. The molecule has 4 heterocycles. The van der Waals surface area contributed by atoms with Crippen molar-refractivity contribution in [3.63, 3.8) is 0 Å². The van der Waals surface area contributed by atoms with E-state index in [0.29, 0.717) is 12.4 Å². The predicted molar refractivity (Wildman–Crippen MR) is 115 cm³/mol. The van der Waals surface area contributed by atoms with Gasteiger partial charge in [0, 0.05) is 43.6 Å². The number of nitrogens with zero attached hydrogens (tertiary/aromatic N) is 5. The topological polar surface area (TPSA) is 76.1 Å². The van der Waals surface area contributed by atoms with Gasteiger partial charge < -0.3 is 10.1 Å². The van der Waals surface area contributed by atoms with E-state index in [1.54, 1.807) is 18.6 Å². The van der Waals surface area contributed by atoms with Gasteiger partial charge in [0.2, 0.25) is 0 Å². The van der Waals surface area contributed by atoms with E-state index in [1.165, 1.54) is 10.9 Å². The molecule has 1 aliphatic rings. The summed E-state index contributed by atoms with van der Waals surface area (Å²) in [5, 5.41) is 4.40. The molecule has 0 aliphatic carbocycles. The minimum atomic E-state index is -0.0736. The maximum Gasteiger partial charge on any atom is 0.150 e. The quantitative estimate of drug-likeness (QED) is 0.549. The number of fused-ring (bicyclic) bond motifs is 1. The molecule has 30 heavy (non-hydrogen) atoms. The number of benzene rings is 1. The van der Waals surface area contributed by atoms with Crippen molar-refractivity contribution in [2.45, 2.75) is 12.6 Å². The second-order valence-electron chi connectivity index (χ2n) is 7.25. The van der Waals surface area contributed by atoms with E-state index in [-0.39, 0.29) is 6.10 Å². The lowest BCUT2D eigenvalue weighted by molar-refractivity contribution is -0.0348. The van der Waals surface area contributed by atoms with Crippen LogP contribution in [-0.4, -0.2) is 44.5 Å². The molecule has 5 rings (SSSR count). The Morgan fingerprint density at radius 2 is 1.93 bits per heavy atom. The van der Waals surface area contributed by atoms with Gasteiger partial charge in [-0.05, 0) is 29.8 Å². The average Bonchev–Trinajstić information content (AvgIpc) is 2.80. The summed E-state index contributed by atoms with van der Waals surface area (Å²) in [5.41, 5.74) is 3.23. The summed E-state index contributed by atoms with van der Waals surface area (Å²) in [4.78, 5) is 19.9. The van der Waals surface area contributed by atoms with Gasteiger partial charge in [-0.2, -0.15) is 0 Å². The zero-order valence-corrected chi connectivity index (χ0v) is 16.5. The zero-order valence-electron chi connectivity index (χ0n) is 16.5. The lowest BCUT2D eigenvalue weighted by Gasteiger charge is -2.33. The van der Waals surface area contributed by atoms with E-state index in [4.69, 9.17) is 9.72 Å². The van der Waals surface area contributed by atoms with Gasteiger partial charge in [-0.25, -0.2) is 9.97 Å². The molecule has 0 saturated carbocycles. The van der Waals surface area contributed by atoms with Gasteiger partial charge in [0.1, 0.15) is 17.7 Å². The first-order chi connectivity index (χ1) is 14.8. The summed E-state index contributed by atoms with van der Waals surface area (Å²) < 4.78 is 6.05. The van der Waals surface area contributed by atoms with Crippen LogP contribution in [0, 0.1) is 0 Å². The molecule has 3 aromatic heterocycles. The van der Waals surface area contributed by atoms with Crippen molar-refractivity contribution in [2.24, 2.45) is 0 Å². The monoisotopic (exact) mass is 398 g/mol. The van der Waals surface area contributed by atoms with E-state index in [9.17, 15) is 0 Å². The molecule has 0 radical (unpaired) electrons. The van der Waals surface area contributed by atoms with Gasteiger partial charge in [0.15, 0.2) is 0 Å². The first kappa shape index (κ1) is 18.6. The third-order valence-corrected chi connectivity index (χ3v) is 5.20. The Hall–Kier alpha value is -3.42. The second kappa shape index (κ2) is 8.52. The van der Waals surface area contributed by atoms with E-state index in [0.717, 1.165) is 36.7 Å². The summed E-state index contributed by atoms with van der Waals surface area (Å²) in [6.45, 7) is 3.22. The Balaban J connectivity index is 1.31. The molecule has 4 aromatic rings. The first-order valence-electron chi connectivity index (χ1n) is 10.0. The van der Waals surface area contributed by atoms with E-state index in [2.05, 4.69) is 49.4 Å². The fourth-order valence-corrected chi connectivity index (χ4v) is 3.75. The molecule has 0 amide bonds.